The van der Waals surface area contributed by atoms with E-state index in [2.05, 4.69) is 5.32 Å². The molecule has 6 heteroatoms. The highest BCUT2D eigenvalue weighted by atomic mass is 19.1. The molecule has 0 aliphatic carbocycles. The molecule has 1 aromatic rings. The SMILES string of the molecule is CC(=O)NC(CCC(=O)O)Cc1cc(F)cc(F)c1. The number of hydrogen-bond acceptors (Lipinski definition) is 2. The minimum Gasteiger partial charge on any atom is -0.481 e. The Kier molecular flexibility index (Phi) is 5.41. The molecule has 0 heterocycles. The summed E-state index contributed by atoms with van der Waals surface area (Å²) in [7, 11) is 0. The van der Waals surface area contributed by atoms with Crippen molar-refractivity contribution in [3.8, 4) is 0 Å². The molecule has 0 bridgehead atoms. The molecule has 0 aliphatic heterocycles. The first-order chi connectivity index (χ1) is 8.86. The summed E-state index contributed by atoms with van der Waals surface area (Å²) in [6.07, 6.45) is 0.261. The first-order valence-electron chi connectivity index (χ1n) is 5.80. The molecule has 104 valence electrons. The summed E-state index contributed by atoms with van der Waals surface area (Å²) >= 11 is 0. The number of halogens is 2. The summed E-state index contributed by atoms with van der Waals surface area (Å²) in [5.74, 6) is -2.70. The van der Waals surface area contributed by atoms with E-state index in [0.717, 1.165) is 6.07 Å². The number of carboxylic acid groups (broad SMARTS) is 1. The highest BCUT2D eigenvalue weighted by Gasteiger charge is 2.14. The zero-order valence-electron chi connectivity index (χ0n) is 10.5. The van der Waals surface area contributed by atoms with Gasteiger partial charge in [0, 0.05) is 25.5 Å². The average Bonchev–Trinajstić information content (AvgIpc) is 2.23. The molecule has 1 unspecified atom stereocenters. The number of carbonyl (C=O) groups excluding carboxylic acids is 1. The number of nitrogens with one attached hydrogen (secondary N) is 1. The number of rotatable bonds is 6. The van der Waals surface area contributed by atoms with Gasteiger partial charge in [0.25, 0.3) is 0 Å². The number of carbonyl (C=O) groups is 2. The molecule has 0 fully saturated rings. The van der Waals surface area contributed by atoms with Crippen LogP contribution in [0, 0.1) is 11.6 Å². The summed E-state index contributed by atoms with van der Waals surface area (Å²) in [5.41, 5.74) is 0.377. The molecule has 0 saturated heterocycles. The average molecular weight is 271 g/mol. The maximum absolute atomic E-state index is 13.0. The number of amides is 1. The van der Waals surface area contributed by atoms with Gasteiger partial charge < -0.3 is 10.4 Å². The molecule has 1 rings (SSSR count). The molecule has 0 spiro atoms. The Morgan fingerprint density at radius 3 is 2.32 bits per heavy atom. The number of benzene rings is 1. The van der Waals surface area contributed by atoms with E-state index in [1.807, 2.05) is 0 Å². The predicted molar refractivity (Wildman–Crippen MR) is 64.5 cm³/mol. The van der Waals surface area contributed by atoms with Gasteiger partial charge in [-0.05, 0) is 30.5 Å². The maximum atomic E-state index is 13.0. The van der Waals surface area contributed by atoms with Crippen LogP contribution in [-0.2, 0) is 16.0 Å². The summed E-state index contributed by atoms with van der Waals surface area (Å²) < 4.78 is 26.1. The van der Waals surface area contributed by atoms with E-state index in [1.54, 1.807) is 0 Å². The molecular formula is C13H15F2NO3. The van der Waals surface area contributed by atoms with Gasteiger partial charge in [-0.3, -0.25) is 9.59 Å². The number of hydrogen-bond donors (Lipinski definition) is 2. The Labute approximate surface area is 109 Å². The van der Waals surface area contributed by atoms with Crippen LogP contribution >= 0.6 is 0 Å². The van der Waals surface area contributed by atoms with E-state index in [-0.39, 0.29) is 25.2 Å². The highest BCUT2D eigenvalue weighted by Crippen LogP contribution is 2.12. The van der Waals surface area contributed by atoms with Gasteiger partial charge in [-0.2, -0.15) is 0 Å². The highest BCUT2D eigenvalue weighted by molar-refractivity contribution is 5.73. The van der Waals surface area contributed by atoms with Crippen molar-refractivity contribution in [2.45, 2.75) is 32.2 Å². The van der Waals surface area contributed by atoms with E-state index in [1.165, 1.54) is 19.1 Å². The minimum atomic E-state index is -0.985. The summed E-state index contributed by atoms with van der Waals surface area (Å²) in [6, 6.07) is 2.63. The Morgan fingerprint density at radius 2 is 1.84 bits per heavy atom. The van der Waals surface area contributed by atoms with Gasteiger partial charge in [-0.15, -0.1) is 0 Å². The molecule has 19 heavy (non-hydrogen) atoms. The van der Waals surface area contributed by atoms with Crippen molar-refractivity contribution in [2.75, 3.05) is 0 Å². The Balaban J connectivity index is 2.74. The van der Waals surface area contributed by atoms with Crippen molar-refractivity contribution < 1.29 is 23.5 Å². The molecule has 0 radical (unpaired) electrons. The van der Waals surface area contributed by atoms with Gasteiger partial charge >= 0.3 is 5.97 Å². The van der Waals surface area contributed by atoms with Crippen LogP contribution in [0.25, 0.3) is 0 Å². The van der Waals surface area contributed by atoms with E-state index in [9.17, 15) is 18.4 Å². The first kappa shape index (κ1) is 15.1. The molecule has 1 atom stereocenters. The Hall–Kier alpha value is -1.98. The fourth-order valence-corrected chi connectivity index (χ4v) is 1.82. The topological polar surface area (TPSA) is 66.4 Å². The van der Waals surface area contributed by atoms with E-state index in [0.29, 0.717) is 5.56 Å². The molecule has 1 aromatic carbocycles. The quantitative estimate of drug-likeness (QED) is 0.830. The standard InChI is InChI=1S/C13H15F2NO3/c1-8(17)16-12(2-3-13(18)19)6-9-4-10(14)7-11(15)5-9/h4-5,7,12H,2-3,6H2,1H3,(H,16,17)(H,18,19). The van der Waals surface area contributed by atoms with Gasteiger partial charge in [0.05, 0.1) is 0 Å². The van der Waals surface area contributed by atoms with Crippen LogP contribution in [0.2, 0.25) is 0 Å². The number of aliphatic carboxylic acids is 1. The lowest BCUT2D eigenvalue weighted by Crippen LogP contribution is -2.35. The van der Waals surface area contributed by atoms with Crippen molar-refractivity contribution in [1.29, 1.82) is 0 Å². The lowest BCUT2D eigenvalue weighted by Gasteiger charge is -2.17. The van der Waals surface area contributed by atoms with Crippen molar-refractivity contribution in [3.63, 3.8) is 0 Å². The van der Waals surface area contributed by atoms with Gasteiger partial charge in [0.1, 0.15) is 11.6 Å². The van der Waals surface area contributed by atoms with Crippen LogP contribution in [0.15, 0.2) is 18.2 Å². The lowest BCUT2D eigenvalue weighted by molar-refractivity contribution is -0.137. The van der Waals surface area contributed by atoms with Gasteiger partial charge in [-0.1, -0.05) is 0 Å². The van der Waals surface area contributed by atoms with E-state index in [4.69, 9.17) is 5.11 Å². The summed E-state index contributed by atoms with van der Waals surface area (Å²) in [6.45, 7) is 1.31. The smallest absolute Gasteiger partial charge is 0.303 e. The van der Waals surface area contributed by atoms with Crippen LogP contribution in [0.5, 0.6) is 0 Å². The maximum Gasteiger partial charge on any atom is 0.303 e. The van der Waals surface area contributed by atoms with Crippen LogP contribution in [0.4, 0.5) is 8.78 Å². The molecule has 2 N–H and O–H groups in total. The minimum absolute atomic E-state index is 0.122. The fraction of sp³-hybridized carbons (Fsp3) is 0.385. The fourth-order valence-electron chi connectivity index (χ4n) is 1.82. The second kappa shape index (κ2) is 6.82. The number of carboxylic acids is 1. The van der Waals surface area contributed by atoms with Crippen LogP contribution in [0.3, 0.4) is 0 Å². The van der Waals surface area contributed by atoms with Crippen molar-refractivity contribution in [3.05, 3.63) is 35.4 Å². The largest absolute Gasteiger partial charge is 0.481 e. The second-order valence-electron chi connectivity index (χ2n) is 4.31. The molecule has 1 amide bonds. The third-order valence-corrected chi connectivity index (χ3v) is 2.52. The monoisotopic (exact) mass is 271 g/mol. The van der Waals surface area contributed by atoms with E-state index < -0.39 is 23.6 Å². The lowest BCUT2D eigenvalue weighted by atomic mass is 10.0. The van der Waals surface area contributed by atoms with E-state index >= 15 is 0 Å². The zero-order valence-corrected chi connectivity index (χ0v) is 10.5. The molecule has 0 aromatic heterocycles. The molecule has 0 saturated carbocycles. The third kappa shape index (κ3) is 5.94. The summed E-state index contributed by atoms with van der Waals surface area (Å²) in [5, 5.41) is 11.2. The Bertz CT molecular complexity index is 457. The second-order valence-corrected chi connectivity index (χ2v) is 4.31. The normalized spacial score (nSPS) is 11.9. The molecular weight excluding hydrogens is 256 g/mol. The van der Waals surface area contributed by atoms with Gasteiger partial charge in [0.15, 0.2) is 0 Å². The summed E-state index contributed by atoms with van der Waals surface area (Å²) in [4.78, 5) is 21.5. The zero-order chi connectivity index (χ0) is 14.4. The van der Waals surface area contributed by atoms with Crippen LogP contribution < -0.4 is 5.32 Å². The van der Waals surface area contributed by atoms with Gasteiger partial charge in [-0.25, -0.2) is 8.78 Å². The van der Waals surface area contributed by atoms with Crippen molar-refractivity contribution >= 4 is 11.9 Å². The first-order valence-corrected chi connectivity index (χ1v) is 5.80. The third-order valence-electron chi connectivity index (χ3n) is 2.52. The molecule has 4 nitrogen and oxygen atoms in total. The van der Waals surface area contributed by atoms with Gasteiger partial charge in [0.2, 0.25) is 5.91 Å². The van der Waals surface area contributed by atoms with Crippen molar-refractivity contribution in [2.24, 2.45) is 0 Å². The van der Waals surface area contributed by atoms with Crippen molar-refractivity contribution in [1.82, 2.24) is 5.32 Å². The van der Waals surface area contributed by atoms with Crippen LogP contribution in [-0.4, -0.2) is 23.0 Å². The molecule has 0 aliphatic rings. The predicted octanol–water partition coefficient (Wildman–Crippen LogP) is 1.88. The van der Waals surface area contributed by atoms with Crippen LogP contribution in [0.1, 0.15) is 25.3 Å². The Morgan fingerprint density at radius 1 is 1.26 bits per heavy atom.